The van der Waals surface area contributed by atoms with Gasteiger partial charge < -0.3 is 4.74 Å². The topological polar surface area (TPSA) is 12.5 Å². The number of nitrogens with zero attached hydrogens (tertiary/aromatic N) is 1. The molecule has 0 spiro atoms. The molecule has 96 valence electrons. The van der Waals surface area contributed by atoms with Crippen LogP contribution >= 0.6 is 0 Å². The normalized spacial score (nSPS) is 18.9. The van der Waals surface area contributed by atoms with Gasteiger partial charge in [0.05, 0.1) is 13.2 Å². The number of benzene rings is 1. The Bertz CT molecular complexity index is 379. The zero-order valence-corrected chi connectivity index (χ0v) is 10.8. The first kappa shape index (κ1) is 13.1. The van der Waals surface area contributed by atoms with Gasteiger partial charge in [0.15, 0.2) is 0 Å². The summed E-state index contributed by atoms with van der Waals surface area (Å²) in [6.07, 6.45) is 7.47. The number of hydrogen-bond acceptors (Lipinski definition) is 2. The summed E-state index contributed by atoms with van der Waals surface area (Å²) >= 11 is 0. The van der Waals surface area contributed by atoms with Crippen molar-refractivity contribution >= 4 is 6.08 Å². The van der Waals surface area contributed by atoms with Crippen LogP contribution < -0.4 is 0 Å². The highest BCUT2D eigenvalue weighted by molar-refractivity contribution is 5.48. The molecular formula is C16H21NO. The Labute approximate surface area is 110 Å². The molecule has 1 fully saturated rings. The van der Waals surface area contributed by atoms with Gasteiger partial charge in [0, 0.05) is 19.1 Å². The monoisotopic (exact) mass is 243 g/mol. The molecule has 2 rings (SSSR count). The summed E-state index contributed by atoms with van der Waals surface area (Å²) in [5.41, 5.74) is 1.25. The van der Waals surface area contributed by atoms with Crippen LogP contribution in [0.2, 0.25) is 0 Å². The fourth-order valence-electron chi connectivity index (χ4n) is 2.21. The van der Waals surface area contributed by atoms with Crippen LogP contribution in [0.25, 0.3) is 6.08 Å². The summed E-state index contributed by atoms with van der Waals surface area (Å²) < 4.78 is 5.37. The number of ether oxygens (including phenoxy) is 1. The van der Waals surface area contributed by atoms with Crippen LogP contribution in [0.4, 0.5) is 0 Å². The molecule has 1 aliphatic heterocycles. The first-order valence-corrected chi connectivity index (χ1v) is 6.56. The Balaban J connectivity index is 1.86. The average Bonchev–Trinajstić information content (AvgIpc) is 2.46. The van der Waals surface area contributed by atoms with Gasteiger partial charge in [-0.25, -0.2) is 0 Å². The van der Waals surface area contributed by atoms with Crippen LogP contribution in [-0.2, 0) is 4.74 Å². The minimum absolute atomic E-state index is 0.425. The van der Waals surface area contributed by atoms with Crippen LogP contribution in [0.3, 0.4) is 0 Å². The molecule has 0 radical (unpaired) electrons. The molecule has 0 amide bonds. The Morgan fingerprint density at radius 1 is 1.22 bits per heavy atom. The second kappa shape index (κ2) is 7.14. The van der Waals surface area contributed by atoms with Gasteiger partial charge in [0.25, 0.3) is 0 Å². The molecule has 1 aromatic carbocycles. The smallest absolute Gasteiger partial charge is 0.0594 e. The third-order valence-corrected chi connectivity index (χ3v) is 3.27. The quantitative estimate of drug-likeness (QED) is 0.737. The lowest BCUT2D eigenvalue weighted by atomic mass is 10.1. The first-order chi connectivity index (χ1) is 8.90. The highest BCUT2D eigenvalue weighted by Gasteiger charge is 2.16. The van der Waals surface area contributed by atoms with Gasteiger partial charge >= 0.3 is 0 Å². The number of rotatable bonds is 5. The summed E-state index contributed by atoms with van der Waals surface area (Å²) in [5, 5.41) is 0. The predicted octanol–water partition coefficient (Wildman–Crippen LogP) is 2.98. The van der Waals surface area contributed by atoms with E-state index in [0.29, 0.717) is 6.04 Å². The molecule has 1 aromatic rings. The molecule has 0 bridgehead atoms. The maximum absolute atomic E-state index is 5.37. The highest BCUT2D eigenvalue weighted by atomic mass is 16.5. The summed E-state index contributed by atoms with van der Waals surface area (Å²) in [6, 6.07) is 10.8. The van der Waals surface area contributed by atoms with Crippen molar-refractivity contribution in [2.75, 3.05) is 26.3 Å². The molecule has 0 aliphatic carbocycles. The van der Waals surface area contributed by atoms with Crippen molar-refractivity contribution < 1.29 is 4.74 Å². The third-order valence-electron chi connectivity index (χ3n) is 3.27. The largest absolute Gasteiger partial charge is 0.379 e. The maximum Gasteiger partial charge on any atom is 0.0594 e. The van der Waals surface area contributed by atoms with E-state index in [-0.39, 0.29) is 0 Å². The van der Waals surface area contributed by atoms with Crippen LogP contribution in [0.1, 0.15) is 12.0 Å². The van der Waals surface area contributed by atoms with Gasteiger partial charge in [-0.05, 0) is 12.0 Å². The van der Waals surface area contributed by atoms with Crippen LogP contribution in [0, 0.1) is 0 Å². The van der Waals surface area contributed by atoms with E-state index in [2.05, 4.69) is 47.9 Å². The van der Waals surface area contributed by atoms with Gasteiger partial charge in [0.2, 0.25) is 0 Å². The molecule has 1 heterocycles. The molecular weight excluding hydrogens is 222 g/mol. The minimum Gasteiger partial charge on any atom is -0.379 e. The van der Waals surface area contributed by atoms with E-state index in [9.17, 15) is 0 Å². The summed E-state index contributed by atoms with van der Waals surface area (Å²) in [5.74, 6) is 0. The van der Waals surface area contributed by atoms with E-state index in [4.69, 9.17) is 4.74 Å². The molecule has 1 unspecified atom stereocenters. The lowest BCUT2D eigenvalue weighted by Crippen LogP contribution is -2.42. The third kappa shape index (κ3) is 3.83. The van der Waals surface area contributed by atoms with Crippen molar-refractivity contribution in [3.05, 3.63) is 54.6 Å². The van der Waals surface area contributed by atoms with E-state index < -0.39 is 0 Å². The highest BCUT2D eigenvalue weighted by Crippen LogP contribution is 2.11. The lowest BCUT2D eigenvalue weighted by molar-refractivity contribution is 0.0262. The van der Waals surface area contributed by atoms with E-state index >= 15 is 0 Å². The van der Waals surface area contributed by atoms with Gasteiger partial charge in [-0.15, -0.1) is 6.58 Å². The summed E-state index contributed by atoms with van der Waals surface area (Å²) in [6.45, 7) is 7.65. The fourth-order valence-corrected chi connectivity index (χ4v) is 2.21. The fraction of sp³-hybridized carbons (Fsp3) is 0.375. The van der Waals surface area contributed by atoms with E-state index in [1.807, 2.05) is 12.1 Å². The molecule has 0 aromatic heterocycles. The van der Waals surface area contributed by atoms with E-state index in [1.165, 1.54) is 5.56 Å². The van der Waals surface area contributed by atoms with Crippen LogP contribution in [0.15, 0.2) is 49.1 Å². The van der Waals surface area contributed by atoms with Gasteiger partial charge in [-0.3, -0.25) is 4.90 Å². The Morgan fingerprint density at radius 3 is 2.61 bits per heavy atom. The Hall–Kier alpha value is -1.38. The molecule has 1 aliphatic rings. The van der Waals surface area contributed by atoms with Crippen molar-refractivity contribution in [1.29, 1.82) is 0 Å². The predicted molar refractivity (Wildman–Crippen MR) is 76.5 cm³/mol. The summed E-state index contributed by atoms with van der Waals surface area (Å²) in [7, 11) is 0. The Morgan fingerprint density at radius 2 is 1.94 bits per heavy atom. The van der Waals surface area contributed by atoms with E-state index in [1.54, 1.807) is 0 Å². The lowest BCUT2D eigenvalue weighted by Gasteiger charge is -2.32. The maximum atomic E-state index is 5.37. The van der Waals surface area contributed by atoms with Gasteiger partial charge in [-0.1, -0.05) is 48.6 Å². The molecule has 2 heteroatoms. The van der Waals surface area contributed by atoms with Crippen molar-refractivity contribution in [1.82, 2.24) is 4.90 Å². The van der Waals surface area contributed by atoms with Crippen molar-refractivity contribution in [2.24, 2.45) is 0 Å². The SMILES string of the molecule is C=CC(C/C=C/c1ccccc1)N1CCOCC1. The second-order valence-electron chi connectivity index (χ2n) is 4.50. The standard InChI is InChI=1S/C16H21NO/c1-2-16(17-11-13-18-14-12-17)10-6-9-15-7-4-3-5-8-15/h2-9,16H,1,10-14H2/b9-6+. The zero-order valence-electron chi connectivity index (χ0n) is 10.8. The van der Waals surface area contributed by atoms with Gasteiger partial charge in [-0.2, -0.15) is 0 Å². The summed E-state index contributed by atoms with van der Waals surface area (Å²) in [4.78, 5) is 2.44. The van der Waals surface area contributed by atoms with Crippen molar-refractivity contribution in [3.63, 3.8) is 0 Å². The molecule has 0 N–H and O–H groups in total. The van der Waals surface area contributed by atoms with Crippen molar-refractivity contribution in [2.45, 2.75) is 12.5 Å². The molecule has 0 saturated carbocycles. The minimum atomic E-state index is 0.425. The second-order valence-corrected chi connectivity index (χ2v) is 4.50. The Kier molecular flexibility index (Phi) is 5.18. The van der Waals surface area contributed by atoms with Crippen LogP contribution in [0.5, 0.6) is 0 Å². The number of hydrogen-bond donors (Lipinski definition) is 0. The van der Waals surface area contributed by atoms with Gasteiger partial charge in [0.1, 0.15) is 0 Å². The molecule has 18 heavy (non-hydrogen) atoms. The molecule has 1 atom stereocenters. The molecule has 1 saturated heterocycles. The average molecular weight is 243 g/mol. The van der Waals surface area contributed by atoms with Crippen molar-refractivity contribution in [3.8, 4) is 0 Å². The molecule has 2 nitrogen and oxygen atoms in total. The van der Waals surface area contributed by atoms with Crippen LogP contribution in [-0.4, -0.2) is 37.2 Å². The zero-order chi connectivity index (χ0) is 12.6. The van der Waals surface area contributed by atoms with E-state index in [0.717, 1.165) is 32.7 Å². The first-order valence-electron chi connectivity index (χ1n) is 6.56. The number of morpholine rings is 1.